The Hall–Kier alpha value is 0.0200. The van der Waals surface area contributed by atoms with Gasteiger partial charge in [0.05, 0.1) is 0 Å². The third kappa shape index (κ3) is 12.0. The van der Waals surface area contributed by atoms with Gasteiger partial charge in [-0.1, -0.05) is 63.6 Å². The van der Waals surface area contributed by atoms with Gasteiger partial charge in [-0.3, -0.25) is 4.79 Å². The Bertz CT molecular complexity index is 104. The second-order valence-electron chi connectivity index (χ2n) is 3.41. The fraction of sp³-hybridized carbons (Fsp3) is 0.909. The average molecular weight is 201 g/mol. The maximum absolute atomic E-state index is 9.85. The highest BCUT2D eigenvalue weighted by Gasteiger charge is 1.91. The van der Waals surface area contributed by atoms with Gasteiger partial charge in [0, 0.05) is 5.75 Å². The molecule has 77 valence electrons. The molecule has 0 heterocycles. The Morgan fingerprint density at radius 1 is 0.923 bits per heavy atom. The topological polar surface area (TPSA) is 17.1 Å². The van der Waals surface area contributed by atoms with E-state index < -0.39 is 0 Å². The highest BCUT2D eigenvalue weighted by atomic mass is 32.2. The van der Waals surface area contributed by atoms with E-state index in [1.54, 1.807) is 0 Å². The second-order valence-corrected chi connectivity index (χ2v) is 4.27. The van der Waals surface area contributed by atoms with Gasteiger partial charge in [-0.15, -0.1) is 0 Å². The molecule has 0 aromatic rings. The number of rotatable bonds is 10. The van der Waals surface area contributed by atoms with Crippen molar-refractivity contribution in [3.63, 3.8) is 0 Å². The van der Waals surface area contributed by atoms with Crippen molar-refractivity contribution in [2.45, 2.75) is 58.3 Å². The van der Waals surface area contributed by atoms with Crippen LogP contribution in [0.4, 0.5) is 0 Å². The Labute approximate surface area is 86.7 Å². The molecule has 0 aromatic carbocycles. The summed E-state index contributed by atoms with van der Waals surface area (Å²) in [5, 5.41) is 0. The molecule has 0 spiro atoms. The molecule has 0 aliphatic heterocycles. The Morgan fingerprint density at radius 3 is 2.00 bits per heavy atom. The normalized spacial score (nSPS) is 10.2. The minimum Gasteiger partial charge on any atom is -0.277 e. The SMILES string of the molecule is CCCCCCCCCCS[C]=O. The number of thioether (sulfide) groups is 1. The third-order valence-electron chi connectivity index (χ3n) is 2.16. The first-order valence-corrected chi connectivity index (χ1v) is 6.39. The molecule has 0 atom stereocenters. The fourth-order valence-corrected chi connectivity index (χ4v) is 1.78. The fourth-order valence-electron chi connectivity index (χ4n) is 1.35. The zero-order valence-corrected chi connectivity index (χ0v) is 9.50. The Kier molecular flexibility index (Phi) is 12.0. The monoisotopic (exact) mass is 201 g/mol. The minimum absolute atomic E-state index is 0.957. The summed E-state index contributed by atoms with van der Waals surface area (Å²) >= 11 is 1.27. The van der Waals surface area contributed by atoms with Crippen molar-refractivity contribution in [2.75, 3.05) is 5.75 Å². The molecular formula is C11H21OS. The molecule has 1 nitrogen and oxygen atoms in total. The Balaban J connectivity index is 2.79. The van der Waals surface area contributed by atoms with Gasteiger partial charge >= 0.3 is 0 Å². The molecular weight excluding hydrogens is 180 g/mol. The first-order chi connectivity index (χ1) is 6.41. The van der Waals surface area contributed by atoms with Crippen LogP contribution in [0.3, 0.4) is 0 Å². The maximum atomic E-state index is 9.85. The van der Waals surface area contributed by atoms with E-state index in [1.165, 1.54) is 63.1 Å². The van der Waals surface area contributed by atoms with Crippen LogP contribution in [0.1, 0.15) is 58.3 Å². The lowest BCUT2D eigenvalue weighted by Crippen LogP contribution is -1.82. The molecule has 2 heteroatoms. The smallest absolute Gasteiger partial charge is 0.266 e. The van der Waals surface area contributed by atoms with Gasteiger partial charge in [0.1, 0.15) is 0 Å². The quantitative estimate of drug-likeness (QED) is 0.498. The number of unbranched alkanes of at least 4 members (excludes halogenated alkanes) is 7. The van der Waals surface area contributed by atoms with Gasteiger partial charge in [0.25, 0.3) is 5.62 Å². The predicted molar refractivity (Wildman–Crippen MR) is 60.8 cm³/mol. The Morgan fingerprint density at radius 2 is 1.46 bits per heavy atom. The molecule has 0 amide bonds. The van der Waals surface area contributed by atoms with Crippen molar-refractivity contribution in [3.05, 3.63) is 0 Å². The molecule has 0 rings (SSSR count). The summed E-state index contributed by atoms with van der Waals surface area (Å²) in [5.41, 5.74) is 1.85. The lowest BCUT2D eigenvalue weighted by molar-refractivity contribution is 0.569. The maximum Gasteiger partial charge on any atom is 0.266 e. The molecule has 0 bridgehead atoms. The van der Waals surface area contributed by atoms with Crippen molar-refractivity contribution >= 4 is 17.4 Å². The molecule has 0 saturated heterocycles. The molecule has 1 radical (unpaired) electrons. The summed E-state index contributed by atoms with van der Waals surface area (Å²) in [6.07, 6.45) is 10.7. The lowest BCUT2D eigenvalue weighted by Gasteiger charge is -1.99. The summed E-state index contributed by atoms with van der Waals surface area (Å²) in [6, 6.07) is 0. The molecule has 0 N–H and O–H groups in total. The highest BCUT2D eigenvalue weighted by molar-refractivity contribution is 8.11. The van der Waals surface area contributed by atoms with E-state index in [2.05, 4.69) is 6.92 Å². The van der Waals surface area contributed by atoms with Gasteiger partial charge in [0.2, 0.25) is 0 Å². The van der Waals surface area contributed by atoms with Gasteiger partial charge in [0.15, 0.2) is 0 Å². The molecule has 0 fully saturated rings. The number of carbonyl (C=O) groups excluding carboxylic acids is 1. The van der Waals surface area contributed by atoms with Crippen molar-refractivity contribution in [3.8, 4) is 0 Å². The first-order valence-electron chi connectivity index (χ1n) is 5.40. The van der Waals surface area contributed by atoms with Crippen molar-refractivity contribution < 1.29 is 4.79 Å². The average Bonchev–Trinajstić information content (AvgIpc) is 2.16. The first kappa shape index (κ1) is 13.0. The van der Waals surface area contributed by atoms with E-state index in [1.807, 2.05) is 5.62 Å². The van der Waals surface area contributed by atoms with E-state index >= 15 is 0 Å². The second kappa shape index (κ2) is 12.0. The molecule has 0 saturated carbocycles. The summed E-state index contributed by atoms with van der Waals surface area (Å²) < 4.78 is 0. The largest absolute Gasteiger partial charge is 0.277 e. The number of hydrogen-bond acceptors (Lipinski definition) is 2. The van der Waals surface area contributed by atoms with Gasteiger partial charge in [-0.05, 0) is 6.42 Å². The summed E-state index contributed by atoms with van der Waals surface area (Å²) in [7, 11) is 0. The van der Waals surface area contributed by atoms with Gasteiger partial charge in [-0.2, -0.15) is 0 Å². The van der Waals surface area contributed by atoms with E-state index in [-0.39, 0.29) is 0 Å². The van der Waals surface area contributed by atoms with Crippen LogP contribution < -0.4 is 0 Å². The predicted octanol–water partition coefficient (Wildman–Crippen LogP) is 3.93. The summed E-state index contributed by atoms with van der Waals surface area (Å²) in [6.45, 7) is 2.24. The van der Waals surface area contributed by atoms with Crippen LogP contribution in [0, 0.1) is 0 Å². The van der Waals surface area contributed by atoms with E-state index in [0.717, 1.165) is 5.75 Å². The standard InChI is InChI=1S/C11H21OS/c1-2-3-4-5-6-7-8-9-10-13-11-12/h2-10H2,1H3. The van der Waals surface area contributed by atoms with Crippen molar-refractivity contribution in [1.29, 1.82) is 0 Å². The third-order valence-corrected chi connectivity index (χ3v) is 2.77. The van der Waals surface area contributed by atoms with Gasteiger partial charge in [-0.25, -0.2) is 0 Å². The van der Waals surface area contributed by atoms with E-state index in [4.69, 9.17) is 0 Å². The van der Waals surface area contributed by atoms with Crippen molar-refractivity contribution in [1.82, 2.24) is 0 Å². The summed E-state index contributed by atoms with van der Waals surface area (Å²) in [5.74, 6) is 0.957. The molecule has 0 aromatic heterocycles. The van der Waals surface area contributed by atoms with Crippen LogP contribution in [-0.2, 0) is 4.79 Å². The van der Waals surface area contributed by atoms with Crippen LogP contribution in [-0.4, -0.2) is 11.4 Å². The minimum atomic E-state index is 0.957. The molecule has 0 aliphatic rings. The summed E-state index contributed by atoms with van der Waals surface area (Å²) in [4.78, 5) is 9.85. The van der Waals surface area contributed by atoms with E-state index in [0.29, 0.717) is 0 Å². The van der Waals surface area contributed by atoms with Crippen molar-refractivity contribution in [2.24, 2.45) is 0 Å². The van der Waals surface area contributed by atoms with Gasteiger partial charge < -0.3 is 0 Å². The zero-order chi connectivity index (χ0) is 9.78. The van der Waals surface area contributed by atoms with E-state index in [9.17, 15) is 4.79 Å². The zero-order valence-electron chi connectivity index (χ0n) is 8.68. The molecule has 0 unspecified atom stereocenters. The highest BCUT2D eigenvalue weighted by Crippen LogP contribution is 2.09. The van der Waals surface area contributed by atoms with Crippen LogP contribution in [0.2, 0.25) is 0 Å². The number of hydrogen-bond donors (Lipinski definition) is 0. The van der Waals surface area contributed by atoms with Crippen LogP contribution in [0.25, 0.3) is 0 Å². The van der Waals surface area contributed by atoms with Crippen LogP contribution in [0.5, 0.6) is 0 Å². The van der Waals surface area contributed by atoms with Crippen LogP contribution in [0.15, 0.2) is 0 Å². The molecule has 0 aliphatic carbocycles. The lowest BCUT2D eigenvalue weighted by atomic mass is 10.1. The molecule has 13 heavy (non-hydrogen) atoms. The van der Waals surface area contributed by atoms with Crippen LogP contribution >= 0.6 is 11.8 Å².